The first-order valence-electron chi connectivity index (χ1n) is 11.5. The average Bonchev–Trinajstić information content (AvgIpc) is 3.39. The second-order valence-corrected chi connectivity index (χ2v) is 9.23. The number of allylic oxidation sites excluding steroid dienone is 1. The van der Waals surface area contributed by atoms with Crippen molar-refractivity contribution in [3.63, 3.8) is 0 Å². The summed E-state index contributed by atoms with van der Waals surface area (Å²) < 4.78 is 20.6. The first kappa shape index (κ1) is 21.6. The van der Waals surface area contributed by atoms with Gasteiger partial charge in [0.15, 0.2) is 11.6 Å². The average molecular weight is 453 g/mol. The van der Waals surface area contributed by atoms with E-state index >= 15 is 0 Å². The lowest BCUT2D eigenvalue weighted by Gasteiger charge is -2.30. The Labute approximate surface area is 192 Å². The third-order valence-electron chi connectivity index (χ3n) is 6.83. The van der Waals surface area contributed by atoms with Gasteiger partial charge >= 0.3 is 0 Å². The normalized spacial score (nSPS) is 28.6. The molecule has 2 aromatic rings. The molecule has 1 amide bonds. The van der Waals surface area contributed by atoms with Crippen LogP contribution in [0, 0.1) is 23.6 Å². The zero-order valence-electron chi connectivity index (χ0n) is 18.6. The highest BCUT2D eigenvalue weighted by atomic mass is 19.1. The van der Waals surface area contributed by atoms with Gasteiger partial charge < -0.3 is 26.0 Å². The number of nitrogens with two attached hydrogens (primary N) is 1. The standard InChI is InChI=1S/C24H29FN6O2/c1-31-10-2-3-18(13-31)33-17-8-6-16(7-9-17)28-24-27-12-19(25)23(30-24)29-21-15-5-4-14(11-15)20(21)22(26)32/h4-9,12,14-15,18,20-21H,2-3,10-11,13H2,1H3,(H2,26,32)(H2,27,28,29,30)/t14-,15+,18+,20?,21-/m1/s1. The highest BCUT2D eigenvalue weighted by molar-refractivity contribution is 5.79. The molecule has 3 aliphatic rings. The Hall–Kier alpha value is -3.20. The Morgan fingerprint density at radius 2 is 2.03 bits per heavy atom. The lowest BCUT2D eigenvalue weighted by Crippen LogP contribution is -2.41. The topological polar surface area (TPSA) is 105 Å². The highest BCUT2D eigenvalue weighted by Gasteiger charge is 2.47. The number of fused-ring (bicyclic) bond motifs is 2. The maximum absolute atomic E-state index is 14.5. The smallest absolute Gasteiger partial charge is 0.229 e. The van der Waals surface area contributed by atoms with Gasteiger partial charge in [0, 0.05) is 18.3 Å². The van der Waals surface area contributed by atoms with Gasteiger partial charge in [0.2, 0.25) is 11.9 Å². The van der Waals surface area contributed by atoms with E-state index in [1.807, 2.05) is 30.3 Å². The molecular formula is C24H29FN6O2. The lowest BCUT2D eigenvalue weighted by atomic mass is 9.88. The van der Waals surface area contributed by atoms with Crippen LogP contribution in [0.3, 0.4) is 0 Å². The fourth-order valence-corrected chi connectivity index (χ4v) is 5.25. The largest absolute Gasteiger partial charge is 0.489 e. The summed E-state index contributed by atoms with van der Waals surface area (Å²) in [6.07, 6.45) is 8.44. The van der Waals surface area contributed by atoms with E-state index in [4.69, 9.17) is 10.5 Å². The Morgan fingerprint density at radius 1 is 1.24 bits per heavy atom. The van der Waals surface area contributed by atoms with Crippen molar-refractivity contribution in [1.29, 1.82) is 0 Å². The van der Waals surface area contributed by atoms with Crippen molar-refractivity contribution in [3.05, 3.63) is 48.4 Å². The molecule has 9 heteroatoms. The molecule has 5 atom stereocenters. The summed E-state index contributed by atoms with van der Waals surface area (Å²) in [6.45, 7) is 2.04. The molecule has 2 aliphatic carbocycles. The lowest BCUT2D eigenvalue weighted by molar-refractivity contribution is -0.122. The summed E-state index contributed by atoms with van der Waals surface area (Å²) >= 11 is 0. The van der Waals surface area contributed by atoms with Gasteiger partial charge in [-0.05, 0) is 69.0 Å². The predicted octanol–water partition coefficient (Wildman–Crippen LogP) is 2.92. The number of ether oxygens (including phenoxy) is 1. The maximum Gasteiger partial charge on any atom is 0.229 e. The van der Waals surface area contributed by atoms with E-state index in [2.05, 4.69) is 38.6 Å². The number of primary amides is 1. The first-order chi connectivity index (χ1) is 16.0. The number of piperidine rings is 1. The predicted molar refractivity (Wildman–Crippen MR) is 124 cm³/mol. The number of anilines is 3. The van der Waals surface area contributed by atoms with Crippen molar-refractivity contribution in [2.45, 2.75) is 31.4 Å². The summed E-state index contributed by atoms with van der Waals surface area (Å²) in [5.74, 6) is 0.0438. The minimum absolute atomic E-state index is 0.0612. The second kappa shape index (κ2) is 8.97. The van der Waals surface area contributed by atoms with Crippen molar-refractivity contribution in [2.75, 3.05) is 30.8 Å². The Kier molecular flexibility index (Phi) is 5.88. The van der Waals surface area contributed by atoms with Crippen molar-refractivity contribution in [2.24, 2.45) is 23.5 Å². The SMILES string of the molecule is CN1CCC[C@H](Oc2ccc(Nc3ncc(F)c(N[C@H]4C(C(N)=O)[C@@H]5C=C[C@H]4C5)n3)cc2)C1. The molecule has 33 heavy (non-hydrogen) atoms. The van der Waals surface area contributed by atoms with Crippen molar-refractivity contribution < 1.29 is 13.9 Å². The number of carbonyl (C=O) groups excluding carboxylic acids is 1. The Morgan fingerprint density at radius 3 is 2.79 bits per heavy atom. The van der Waals surface area contributed by atoms with Crippen LogP contribution >= 0.6 is 0 Å². The fraction of sp³-hybridized carbons (Fsp3) is 0.458. The number of likely N-dealkylation sites (tertiary alicyclic amines) is 1. The minimum atomic E-state index is -0.572. The summed E-state index contributed by atoms with van der Waals surface area (Å²) in [5, 5.41) is 6.22. The van der Waals surface area contributed by atoms with Crippen LogP contribution in [0.2, 0.25) is 0 Å². The van der Waals surface area contributed by atoms with Gasteiger partial charge in [0.1, 0.15) is 11.9 Å². The number of benzene rings is 1. The van der Waals surface area contributed by atoms with Crippen LogP contribution in [0.5, 0.6) is 5.75 Å². The quantitative estimate of drug-likeness (QED) is 0.555. The first-order valence-corrected chi connectivity index (χ1v) is 11.5. The molecule has 2 heterocycles. The summed E-state index contributed by atoms with van der Waals surface area (Å²) in [6, 6.07) is 7.29. The molecule has 1 aromatic carbocycles. The van der Waals surface area contributed by atoms with Crippen molar-refractivity contribution in [1.82, 2.24) is 14.9 Å². The molecule has 1 aliphatic heterocycles. The van der Waals surface area contributed by atoms with Gasteiger partial charge in [-0.25, -0.2) is 9.37 Å². The van der Waals surface area contributed by atoms with Crippen LogP contribution in [-0.4, -0.2) is 53.1 Å². The van der Waals surface area contributed by atoms with Crippen LogP contribution in [0.15, 0.2) is 42.6 Å². The van der Waals surface area contributed by atoms with Crippen LogP contribution < -0.4 is 21.1 Å². The number of halogens is 1. The van der Waals surface area contributed by atoms with Crippen LogP contribution in [0.1, 0.15) is 19.3 Å². The number of nitrogens with one attached hydrogen (secondary N) is 2. The van der Waals surface area contributed by atoms with E-state index in [-0.39, 0.29) is 47.6 Å². The number of carbonyl (C=O) groups is 1. The van der Waals surface area contributed by atoms with E-state index in [9.17, 15) is 9.18 Å². The van der Waals surface area contributed by atoms with Gasteiger partial charge in [-0.1, -0.05) is 12.2 Å². The molecule has 4 N–H and O–H groups in total. The number of aromatic nitrogens is 2. The van der Waals surface area contributed by atoms with E-state index in [0.717, 1.165) is 50.0 Å². The van der Waals surface area contributed by atoms with Crippen LogP contribution in [0.4, 0.5) is 21.8 Å². The van der Waals surface area contributed by atoms with E-state index in [1.54, 1.807) is 0 Å². The third kappa shape index (κ3) is 4.64. The molecule has 1 aromatic heterocycles. The molecule has 174 valence electrons. The number of likely N-dealkylation sites (N-methyl/N-ethyl adjacent to an activating group) is 1. The van der Waals surface area contributed by atoms with E-state index in [0.29, 0.717) is 0 Å². The molecule has 1 saturated heterocycles. The summed E-state index contributed by atoms with van der Waals surface area (Å²) in [4.78, 5) is 22.6. The fourth-order valence-electron chi connectivity index (χ4n) is 5.25. The number of hydrogen-bond donors (Lipinski definition) is 3. The Bertz CT molecular complexity index is 1050. The molecule has 2 bridgehead atoms. The van der Waals surface area contributed by atoms with E-state index < -0.39 is 5.82 Å². The van der Waals surface area contributed by atoms with Crippen LogP contribution in [0.25, 0.3) is 0 Å². The molecule has 2 fully saturated rings. The highest BCUT2D eigenvalue weighted by Crippen LogP contribution is 2.44. The molecule has 0 radical (unpaired) electrons. The van der Waals surface area contributed by atoms with Gasteiger partial charge in [-0.15, -0.1) is 0 Å². The van der Waals surface area contributed by atoms with Crippen LogP contribution in [-0.2, 0) is 4.79 Å². The molecule has 1 saturated carbocycles. The number of amides is 1. The molecular weight excluding hydrogens is 423 g/mol. The zero-order chi connectivity index (χ0) is 22.9. The van der Waals surface area contributed by atoms with Gasteiger partial charge in [0.05, 0.1) is 12.1 Å². The van der Waals surface area contributed by atoms with Gasteiger partial charge in [-0.3, -0.25) is 4.79 Å². The molecule has 5 rings (SSSR count). The minimum Gasteiger partial charge on any atom is -0.489 e. The van der Waals surface area contributed by atoms with Crippen molar-refractivity contribution in [3.8, 4) is 5.75 Å². The van der Waals surface area contributed by atoms with Gasteiger partial charge in [0.25, 0.3) is 0 Å². The molecule has 1 unspecified atom stereocenters. The maximum atomic E-state index is 14.5. The molecule has 0 spiro atoms. The second-order valence-electron chi connectivity index (χ2n) is 9.23. The van der Waals surface area contributed by atoms with Crippen molar-refractivity contribution >= 4 is 23.4 Å². The van der Waals surface area contributed by atoms with E-state index in [1.165, 1.54) is 0 Å². The number of hydrogen-bond acceptors (Lipinski definition) is 7. The summed E-state index contributed by atoms with van der Waals surface area (Å²) in [7, 11) is 2.11. The monoisotopic (exact) mass is 452 g/mol. The summed E-state index contributed by atoms with van der Waals surface area (Å²) in [5.41, 5.74) is 6.37. The number of nitrogens with zero attached hydrogens (tertiary/aromatic N) is 3. The zero-order valence-corrected chi connectivity index (χ0v) is 18.6. The number of rotatable bonds is 7. The third-order valence-corrected chi connectivity index (χ3v) is 6.83. The van der Waals surface area contributed by atoms with Gasteiger partial charge in [-0.2, -0.15) is 4.98 Å². The Balaban J connectivity index is 1.25. The molecule has 8 nitrogen and oxygen atoms in total.